The zero-order valence-corrected chi connectivity index (χ0v) is 23.5. The summed E-state index contributed by atoms with van der Waals surface area (Å²) in [6, 6.07) is 12.4. The molecular weight excluding hydrogens is 464 g/mol. The van der Waals surface area contributed by atoms with E-state index in [0.717, 1.165) is 5.56 Å². The van der Waals surface area contributed by atoms with Crippen LogP contribution in [0.25, 0.3) is 0 Å². The molecule has 0 saturated carbocycles. The van der Waals surface area contributed by atoms with Crippen LogP contribution in [-0.4, -0.2) is 18.4 Å². The van der Waals surface area contributed by atoms with Crippen molar-refractivity contribution in [1.82, 2.24) is 0 Å². The Bertz CT molecular complexity index is 866. The van der Waals surface area contributed by atoms with Gasteiger partial charge >= 0.3 is 103 Å². The molecule has 0 N–H and O–H groups in total. The molecule has 0 spiro atoms. The van der Waals surface area contributed by atoms with Crippen LogP contribution in [0.4, 0.5) is 4.39 Å². The van der Waals surface area contributed by atoms with Crippen molar-refractivity contribution in [2.75, 3.05) is 0 Å². The van der Waals surface area contributed by atoms with Crippen LogP contribution in [0.3, 0.4) is 0 Å². The Morgan fingerprint density at radius 2 is 1.71 bits per heavy atom. The van der Waals surface area contributed by atoms with E-state index in [1.165, 1.54) is 24.3 Å². The van der Waals surface area contributed by atoms with Gasteiger partial charge in [-0.25, -0.2) is 12.8 Å². The van der Waals surface area contributed by atoms with Crippen molar-refractivity contribution in [2.45, 2.75) is 24.7 Å². The Kier molecular flexibility index (Phi) is 15.3. The summed E-state index contributed by atoms with van der Waals surface area (Å²) in [5, 5.41) is 0. The molecule has 0 saturated heterocycles. The first-order valence-corrected chi connectivity index (χ1v) is 10.3. The van der Waals surface area contributed by atoms with Crippen LogP contribution in [0, 0.1) is 5.82 Å². The second kappa shape index (κ2) is 14.5. The van der Waals surface area contributed by atoms with Crippen LogP contribution < -0.4 is 112 Å². The fourth-order valence-electron chi connectivity index (χ4n) is 2.25. The average Bonchev–Trinajstić information content (AvgIpc) is 2.55. The van der Waals surface area contributed by atoms with Crippen molar-refractivity contribution in [2.24, 2.45) is 0 Å². The molecule has 2 aromatic rings. The van der Waals surface area contributed by atoms with E-state index in [9.17, 15) is 26.8 Å². The van der Waals surface area contributed by atoms with Crippen molar-refractivity contribution in [1.29, 1.82) is 0 Å². The summed E-state index contributed by atoms with van der Waals surface area (Å²) in [7, 11) is -8.65. The number of benzene rings is 2. The smallest absolute Gasteiger partial charge is 0.781 e. The number of rotatable bonds is 9. The molecule has 0 aliphatic carbocycles. The van der Waals surface area contributed by atoms with Gasteiger partial charge in [0.1, 0.15) is 35.7 Å². The number of ether oxygens (including phenoxy) is 1. The molecular formula is C16H16FK2O7PS. The van der Waals surface area contributed by atoms with Gasteiger partial charge in [0, 0.05) is 0 Å². The Morgan fingerprint density at radius 3 is 2.29 bits per heavy atom. The van der Waals surface area contributed by atoms with Gasteiger partial charge in [0.15, 0.2) is 5.44 Å². The van der Waals surface area contributed by atoms with E-state index >= 15 is 0 Å². The van der Waals surface area contributed by atoms with Crippen molar-refractivity contribution in [3.63, 3.8) is 0 Å². The third kappa shape index (κ3) is 11.2. The van der Waals surface area contributed by atoms with Gasteiger partial charge in [-0.15, -0.1) is 0 Å². The quantitative estimate of drug-likeness (QED) is 0.209. The number of aryl methyl sites for hydroxylation is 1. The molecule has 0 amide bonds. The van der Waals surface area contributed by atoms with E-state index in [4.69, 9.17) is 4.74 Å². The average molecular weight is 481 g/mol. The molecule has 2 atom stereocenters. The summed E-state index contributed by atoms with van der Waals surface area (Å²) < 4.78 is 66.2. The van der Waals surface area contributed by atoms with E-state index in [1.807, 2.05) is 0 Å². The van der Waals surface area contributed by atoms with E-state index in [0.29, 0.717) is 17.9 Å². The van der Waals surface area contributed by atoms with Crippen LogP contribution in [0.5, 0.6) is 11.5 Å². The Labute approximate surface area is 248 Å². The first-order chi connectivity index (χ1) is 12.2. The van der Waals surface area contributed by atoms with E-state index < -0.39 is 23.8 Å². The van der Waals surface area contributed by atoms with Gasteiger partial charge in [-0.3, -0.25) is 0 Å². The molecule has 0 heterocycles. The van der Waals surface area contributed by atoms with Crippen molar-refractivity contribution in [3.05, 3.63) is 59.9 Å². The molecule has 0 aliphatic rings. The van der Waals surface area contributed by atoms with Gasteiger partial charge in [-0.05, 0) is 61.2 Å². The fourth-order valence-corrected chi connectivity index (χ4v) is 3.74. The molecule has 0 aromatic heterocycles. The maximum absolute atomic E-state index is 12.9. The third-order valence-electron chi connectivity index (χ3n) is 3.40. The summed E-state index contributed by atoms with van der Waals surface area (Å²) in [6.45, 7) is 0. The monoisotopic (exact) mass is 480 g/mol. The minimum Gasteiger partial charge on any atom is -0.781 e. The Morgan fingerprint density at radius 1 is 1.07 bits per heavy atom. The largest absolute Gasteiger partial charge is 1.00 e. The summed E-state index contributed by atoms with van der Waals surface area (Å²) in [5.74, 6) is 0.579. The maximum Gasteiger partial charge on any atom is 1.00 e. The molecule has 2 rings (SSSR count). The molecule has 12 heteroatoms. The first kappa shape index (κ1) is 29.5. The van der Waals surface area contributed by atoms with Crippen molar-refractivity contribution < 1.29 is 139 Å². The van der Waals surface area contributed by atoms with E-state index in [2.05, 4.69) is 4.52 Å². The second-order valence-corrected chi connectivity index (χ2v) is 7.63. The summed E-state index contributed by atoms with van der Waals surface area (Å²) in [4.78, 5) is 10.5. The number of hydrogen-bond donors (Lipinski definition) is 0. The van der Waals surface area contributed by atoms with E-state index in [1.54, 1.807) is 24.3 Å². The van der Waals surface area contributed by atoms with Crippen LogP contribution in [0.2, 0.25) is 0 Å². The van der Waals surface area contributed by atoms with Gasteiger partial charge in [0.05, 0.1) is 0 Å². The number of hydrogen-bond acceptors (Lipinski definition) is 7. The summed E-state index contributed by atoms with van der Waals surface area (Å²) in [6.07, 6.45) is 0.366. The summed E-state index contributed by atoms with van der Waals surface area (Å²) in [5.41, 5.74) is -1.12. The van der Waals surface area contributed by atoms with E-state index in [-0.39, 0.29) is 121 Å². The fraction of sp³-hybridized carbons (Fsp3) is 0.250. The summed E-state index contributed by atoms with van der Waals surface area (Å²) >= 11 is 0. The minimum absolute atomic E-state index is 0. The maximum atomic E-state index is 12.9. The Balaban J connectivity index is 0.00000364. The first-order valence-electron chi connectivity index (χ1n) is 7.59. The molecule has 0 fully saturated rings. The van der Waals surface area contributed by atoms with Crippen molar-refractivity contribution in [3.8, 4) is 11.5 Å². The molecule has 0 aliphatic heterocycles. The molecule has 0 bridgehead atoms. The van der Waals surface area contributed by atoms with Gasteiger partial charge in [-0.2, -0.15) is 0 Å². The normalized spacial score (nSPS) is 13.0. The Hall–Kier alpha value is 1.50. The molecule has 0 radical (unpaired) electrons. The zero-order chi connectivity index (χ0) is 19.2. The number of halogens is 1. The third-order valence-corrected chi connectivity index (χ3v) is 5.03. The predicted molar refractivity (Wildman–Crippen MR) is 89.4 cm³/mol. The minimum atomic E-state index is -4.87. The van der Waals surface area contributed by atoms with Crippen LogP contribution >= 0.6 is 8.25 Å². The zero-order valence-electron chi connectivity index (χ0n) is 15.5. The topological polar surface area (TPSA) is 116 Å². The van der Waals surface area contributed by atoms with Gasteiger partial charge < -0.3 is 23.3 Å². The molecule has 7 nitrogen and oxygen atoms in total. The van der Waals surface area contributed by atoms with Gasteiger partial charge in [0.25, 0.3) is 0 Å². The molecule has 2 aromatic carbocycles. The van der Waals surface area contributed by atoms with Crippen LogP contribution in [0.15, 0.2) is 48.5 Å². The predicted octanol–water partition coefficient (Wildman–Crippen LogP) is -3.41. The van der Waals surface area contributed by atoms with Crippen molar-refractivity contribution >= 4 is 18.4 Å². The van der Waals surface area contributed by atoms with Gasteiger partial charge in [-0.1, -0.05) is 12.1 Å². The SMILES string of the molecule is O=[PH]([O-])OC(CCCc1cccc(Oc2ccc(F)cc2)c1)S(=O)(=O)[O-].[K+].[K+]. The van der Waals surface area contributed by atoms with Crippen LogP contribution in [0.1, 0.15) is 18.4 Å². The molecule has 28 heavy (non-hydrogen) atoms. The second-order valence-electron chi connectivity index (χ2n) is 5.39. The molecule has 142 valence electrons. The standard InChI is InChI=1S/C16H18FO7PS.2K/c17-13-7-9-14(10-8-13)23-15-5-1-3-12(11-15)4-2-6-16(24-25(18)19)26(20,21)22;;/h1,3,5,7-11,16,25H,2,4,6H2,(H,18,19)(H,20,21,22);;/q;2*+1/p-2. The van der Waals surface area contributed by atoms with Crippen LogP contribution in [-0.2, 0) is 25.6 Å². The molecule has 2 unspecified atom stereocenters. The van der Waals surface area contributed by atoms with Gasteiger partial charge in [0.2, 0.25) is 0 Å².